The van der Waals surface area contributed by atoms with Crippen LogP contribution in [0.5, 0.6) is 0 Å². The van der Waals surface area contributed by atoms with Gasteiger partial charge in [0.15, 0.2) is 0 Å². The molecular weight excluding hydrogens is 270 g/mol. The van der Waals surface area contributed by atoms with Gasteiger partial charge in [-0.15, -0.1) is 0 Å². The van der Waals surface area contributed by atoms with Crippen LogP contribution in [0, 0.1) is 18.6 Å². The summed E-state index contributed by atoms with van der Waals surface area (Å²) in [7, 11) is 0. The Hall–Kier alpha value is -1.81. The van der Waals surface area contributed by atoms with E-state index in [1.807, 2.05) is 19.1 Å². The minimum Gasteiger partial charge on any atom is -0.310 e. The quantitative estimate of drug-likeness (QED) is 0.871. The Labute approximate surface area is 124 Å². The van der Waals surface area contributed by atoms with Gasteiger partial charge in [-0.2, -0.15) is 0 Å². The van der Waals surface area contributed by atoms with E-state index in [1.165, 1.54) is 12.1 Å². The largest absolute Gasteiger partial charge is 0.310 e. The molecule has 0 bridgehead atoms. The molecule has 0 saturated carbocycles. The molecular formula is C17H20F2N2. The lowest BCUT2D eigenvalue weighted by Gasteiger charge is -2.19. The van der Waals surface area contributed by atoms with Crippen LogP contribution >= 0.6 is 0 Å². The molecule has 0 spiro atoms. The maximum absolute atomic E-state index is 14.0. The molecule has 21 heavy (non-hydrogen) atoms. The van der Waals surface area contributed by atoms with E-state index in [9.17, 15) is 8.78 Å². The highest BCUT2D eigenvalue weighted by Crippen LogP contribution is 2.21. The Morgan fingerprint density at radius 1 is 1.19 bits per heavy atom. The Kier molecular flexibility index (Phi) is 5.39. The van der Waals surface area contributed by atoms with Gasteiger partial charge >= 0.3 is 0 Å². The summed E-state index contributed by atoms with van der Waals surface area (Å²) in [5.74, 6) is -1.07. The van der Waals surface area contributed by atoms with Crippen molar-refractivity contribution >= 4 is 0 Å². The molecule has 0 aliphatic carbocycles. The molecule has 1 N–H and O–H groups in total. The molecule has 1 unspecified atom stereocenters. The van der Waals surface area contributed by atoms with Crippen molar-refractivity contribution in [3.63, 3.8) is 0 Å². The summed E-state index contributed by atoms with van der Waals surface area (Å²) in [5.41, 5.74) is 2.45. The van der Waals surface area contributed by atoms with Gasteiger partial charge in [-0.05, 0) is 37.6 Å². The van der Waals surface area contributed by atoms with E-state index >= 15 is 0 Å². The number of nitrogens with one attached hydrogen (secondary N) is 1. The van der Waals surface area contributed by atoms with Crippen molar-refractivity contribution in [2.45, 2.75) is 32.7 Å². The molecule has 4 heteroatoms. The standard InChI is InChI=1S/C17H20F2N2/c1-3-8-20-17(10-14-6-4-12(2)11-21-14)15-7-5-13(18)9-16(15)19/h4-7,9,11,17,20H,3,8,10H2,1-2H3. The molecule has 1 heterocycles. The Morgan fingerprint density at radius 2 is 2.00 bits per heavy atom. The second kappa shape index (κ2) is 7.27. The number of hydrogen-bond donors (Lipinski definition) is 1. The average Bonchev–Trinajstić information content (AvgIpc) is 2.46. The van der Waals surface area contributed by atoms with E-state index in [-0.39, 0.29) is 6.04 Å². The van der Waals surface area contributed by atoms with E-state index in [0.29, 0.717) is 12.0 Å². The maximum Gasteiger partial charge on any atom is 0.130 e. The normalized spacial score (nSPS) is 12.4. The van der Waals surface area contributed by atoms with Gasteiger partial charge in [0.25, 0.3) is 0 Å². The third-order valence-electron chi connectivity index (χ3n) is 3.36. The monoisotopic (exact) mass is 290 g/mol. The van der Waals surface area contributed by atoms with Crippen LogP contribution in [0.1, 0.15) is 36.2 Å². The van der Waals surface area contributed by atoms with Crippen molar-refractivity contribution in [1.29, 1.82) is 0 Å². The van der Waals surface area contributed by atoms with Gasteiger partial charge in [0.1, 0.15) is 11.6 Å². The van der Waals surface area contributed by atoms with E-state index in [1.54, 1.807) is 6.20 Å². The topological polar surface area (TPSA) is 24.9 Å². The lowest BCUT2D eigenvalue weighted by molar-refractivity contribution is 0.488. The number of aryl methyl sites for hydroxylation is 1. The molecule has 2 rings (SSSR count). The highest BCUT2D eigenvalue weighted by molar-refractivity contribution is 5.24. The fourth-order valence-electron chi connectivity index (χ4n) is 2.22. The van der Waals surface area contributed by atoms with Crippen LogP contribution in [0.25, 0.3) is 0 Å². The van der Waals surface area contributed by atoms with Gasteiger partial charge in [0.2, 0.25) is 0 Å². The van der Waals surface area contributed by atoms with Gasteiger partial charge in [-0.1, -0.05) is 19.1 Å². The zero-order chi connectivity index (χ0) is 15.2. The molecule has 0 saturated heterocycles. The zero-order valence-electron chi connectivity index (χ0n) is 12.4. The molecule has 1 atom stereocenters. The third-order valence-corrected chi connectivity index (χ3v) is 3.36. The van der Waals surface area contributed by atoms with Crippen LogP contribution in [0.15, 0.2) is 36.5 Å². The first-order valence-corrected chi connectivity index (χ1v) is 7.20. The van der Waals surface area contributed by atoms with Gasteiger partial charge in [-0.3, -0.25) is 4.98 Å². The van der Waals surface area contributed by atoms with Crippen molar-refractivity contribution in [1.82, 2.24) is 10.3 Å². The summed E-state index contributed by atoms with van der Waals surface area (Å²) in [6.07, 6.45) is 3.32. The van der Waals surface area contributed by atoms with Crippen molar-refractivity contribution in [3.8, 4) is 0 Å². The maximum atomic E-state index is 14.0. The minimum absolute atomic E-state index is 0.208. The highest BCUT2D eigenvalue weighted by atomic mass is 19.1. The van der Waals surface area contributed by atoms with E-state index < -0.39 is 11.6 Å². The van der Waals surface area contributed by atoms with Crippen LogP contribution in [-0.4, -0.2) is 11.5 Å². The van der Waals surface area contributed by atoms with E-state index in [4.69, 9.17) is 0 Å². The number of benzene rings is 1. The van der Waals surface area contributed by atoms with Gasteiger partial charge in [-0.25, -0.2) is 8.78 Å². The fraction of sp³-hybridized carbons (Fsp3) is 0.353. The number of aromatic nitrogens is 1. The number of halogens is 2. The number of nitrogens with zero attached hydrogens (tertiary/aromatic N) is 1. The van der Waals surface area contributed by atoms with E-state index in [0.717, 1.165) is 30.3 Å². The SMILES string of the molecule is CCCNC(Cc1ccc(C)cn1)c1ccc(F)cc1F. The first kappa shape index (κ1) is 15.6. The van der Waals surface area contributed by atoms with Crippen molar-refractivity contribution in [3.05, 3.63) is 65.0 Å². The molecule has 2 aromatic rings. The highest BCUT2D eigenvalue weighted by Gasteiger charge is 2.17. The van der Waals surface area contributed by atoms with E-state index in [2.05, 4.69) is 17.2 Å². The lowest BCUT2D eigenvalue weighted by atomic mass is 10.0. The number of pyridine rings is 1. The minimum atomic E-state index is -0.557. The number of hydrogen-bond acceptors (Lipinski definition) is 2. The summed E-state index contributed by atoms with van der Waals surface area (Å²) in [4.78, 5) is 4.36. The van der Waals surface area contributed by atoms with Crippen LogP contribution in [0.3, 0.4) is 0 Å². The Bertz CT molecular complexity index is 582. The van der Waals surface area contributed by atoms with Gasteiger partial charge in [0, 0.05) is 36.0 Å². The summed E-state index contributed by atoms with van der Waals surface area (Å²) in [5, 5.41) is 3.31. The predicted molar refractivity (Wildman–Crippen MR) is 80.1 cm³/mol. The molecule has 1 aromatic heterocycles. The summed E-state index contributed by atoms with van der Waals surface area (Å²) in [6.45, 7) is 4.80. The first-order chi connectivity index (χ1) is 10.1. The Balaban J connectivity index is 2.22. The van der Waals surface area contributed by atoms with Gasteiger partial charge < -0.3 is 5.32 Å². The van der Waals surface area contributed by atoms with Gasteiger partial charge in [0.05, 0.1) is 0 Å². The lowest BCUT2D eigenvalue weighted by Crippen LogP contribution is -2.25. The molecule has 0 fully saturated rings. The van der Waals surface area contributed by atoms with Crippen molar-refractivity contribution in [2.75, 3.05) is 6.54 Å². The molecule has 0 aliphatic heterocycles. The molecule has 2 nitrogen and oxygen atoms in total. The average molecular weight is 290 g/mol. The zero-order valence-corrected chi connectivity index (χ0v) is 12.4. The molecule has 0 amide bonds. The summed E-state index contributed by atoms with van der Waals surface area (Å²) in [6, 6.07) is 7.45. The van der Waals surface area contributed by atoms with Crippen LogP contribution in [0.2, 0.25) is 0 Å². The van der Waals surface area contributed by atoms with Crippen LogP contribution in [-0.2, 0) is 6.42 Å². The van der Waals surface area contributed by atoms with Crippen LogP contribution in [0.4, 0.5) is 8.78 Å². The second-order valence-corrected chi connectivity index (χ2v) is 5.20. The number of rotatable bonds is 6. The molecule has 0 aliphatic rings. The Morgan fingerprint density at radius 3 is 2.62 bits per heavy atom. The summed E-state index contributed by atoms with van der Waals surface area (Å²) >= 11 is 0. The molecule has 1 aromatic carbocycles. The molecule has 112 valence electrons. The van der Waals surface area contributed by atoms with Crippen LogP contribution < -0.4 is 5.32 Å². The first-order valence-electron chi connectivity index (χ1n) is 7.20. The molecule has 0 radical (unpaired) electrons. The third kappa shape index (κ3) is 4.33. The fourth-order valence-corrected chi connectivity index (χ4v) is 2.22. The van der Waals surface area contributed by atoms with Crippen molar-refractivity contribution in [2.24, 2.45) is 0 Å². The van der Waals surface area contributed by atoms with Crippen molar-refractivity contribution < 1.29 is 8.78 Å². The predicted octanol–water partition coefficient (Wildman–Crippen LogP) is 3.95. The smallest absolute Gasteiger partial charge is 0.130 e. The summed E-state index contributed by atoms with van der Waals surface area (Å²) < 4.78 is 27.1. The second-order valence-electron chi connectivity index (χ2n) is 5.20.